The van der Waals surface area contributed by atoms with E-state index in [1.165, 1.54) is 11.3 Å². The summed E-state index contributed by atoms with van der Waals surface area (Å²) in [7, 11) is 1.68. The van der Waals surface area contributed by atoms with E-state index in [-0.39, 0.29) is 18.1 Å². The van der Waals surface area contributed by atoms with E-state index in [0.29, 0.717) is 17.7 Å². The number of likely N-dealkylation sites (N-methyl/N-ethyl adjacent to an activating group) is 1. The van der Waals surface area contributed by atoms with Gasteiger partial charge in [0.25, 0.3) is 0 Å². The second kappa shape index (κ2) is 5.83. The first kappa shape index (κ1) is 14.2. The third-order valence-electron chi connectivity index (χ3n) is 2.99. The maximum absolute atomic E-state index is 11.7. The Morgan fingerprint density at radius 1 is 1.55 bits per heavy atom. The number of nitrogens with one attached hydrogen (secondary N) is 1. The summed E-state index contributed by atoms with van der Waals surface area (Å²) in [5, 5.41) is 14.0. The van der Waals surface area contributed by atoms with Gasteiger partial charge in [0.15, 0.2) is 5.52 Å². The molecule has 0 atom stereocenters. The van der Waals surface area contributed by atoms with Crippen molar-refractivity contribution in [2.75, 3.05) is 25.5 Å². The quantitative estimate of drug-likeness (QED) is 0.674. The minimum atomic E-state index is -0.474. The summed E-state index contributed by atoms with van der Waals surface area (Å²) in [5.41, 5.74) is 2.14. The van der Waals surface area contributed by atoms with E-state index < -0.39 is 4.92 Å². The molecule has 1 aromatic heterocycles. The number of fused-ring (bicyclic) bond motifs is 1. The monoisotopic (exact) mass is 294 g/mol. The molecule has 1 N–H and O–H groups in total. The first-order valence-electron chi connectivity index (χ1n) is 6.03. The summed E-state index contributed by atoms with van der Waals surface area (Å²) in [5.74, 6) is -0.125. The van der Waals surface area contributed by atoms with Crippen LogP contribution in [0.4, 0.5) is 11.4 Å². The van der Waals surface area contributed by atoms with E-state index in [2.05, 4.69) is 10.3 Å². The largest absolute Gasteiger partial charge is 0.370 e. The summed E-state index contributed by atoms with van der Waals surface area (Å²) in [6, 6.07) is 3.37. The van der Waals surface area contributed by atoms with Crippen LogP contribution in [-0.2, 0) is 4.79 Å². The normalized spacial score (nSPS) is 10.5. The van der Waals surface area contributed by atoms with Crippen molar-refractivity contribution in [1.29, 1.82) is 0 Å². The zero-order valence-corrected chi connectivity index (χ0v) is 11.9. The Labute approximate surface area is 119 Å². The first-order chi connectivity index (χ1) is 9.54. The third kappa shape index (κ3) is 2.69. The second-order valence-electron chi connectivity index (χ2n) is 4.18. The number of hydrogen-bond acceptors (Lipinski definition) is 6. The SMILES string of the molecule is CCN(C)C(=O)CNc1ccc2scnc2c1[N+](=O)[O-]. The van der Waals surface area contributed by atoms with E-state index in [4.69, 9.17) is 0 Å². The average molecular weight is 294 g/mol. The number of amides is 1. The van der Waals surface area contributed by atoms with Gasteiger partial charge in [-0.15, -0.1) is 11.3 Å². The van der Waals surface area contributed by atoms with Gasteiger partial charge < -0.3 is 10.2 Å². The fourth-order valence-electron chi connectivity index (χ4n) is 1.73. The Bertz CT molecular complexity index is 655. The van der Waals surface area contributed by atoms with Gasteiger partial charge in [0.2, 0.25) is 5.91 Å². The Morgan fingerprint density at radius 3 is 2.95 bits per heavy atom. The third-order valence-corrected chi connectivity index (χ3v) is 3.78. The number of hydrogen-bond donors (Lipinski definition) is 1. The van der Waals surface area contributed by atoms with Gasteiger partial charge in [-0.05, 0) is 19.1 Å². The lowest BCUT2D eigenvalue weighted by atomic mass is 10.2. The number of aromatic nitrogens is 1. The molecule has 7 nitrogen and oxygen atoms in total. The van der Waals surface area contributed by atoms with E-state index in [0.717, 1.165) is 4.70 Å². The molecule has 0 bridgehead atoms. The minimum absolute atomic E-state index is 0.0147. The highest BCUT2D eigenvalue weighted by molar-refractivity contribution is 7.16. The zero-order chi connectivity index (χ0) is 14.7. The van der Waals surface area contributed by atoms with Crippen molar-refractivity contribution in [3.05, 3.63) is 27.8 Å². The number of thiazole rings is 1. The molecule has 0 radical (unpaired) electrons. The van der Waals surface area contributed by atoms with Crippen molar-refractivity contribution >= 4 is 38.8 Å². The number of carbonyl (C=O) groups excluding carboxylic acids is 1. The number of nitro groups is 1. The molecule has 2 aromatic rings. The average Bonchev–Trinajstić information content (AvgIpc) is 2.90. The Hall–Kier alpha value is -2.22. The summed E-state index contributed by atoms with van der Waals surface area (Å²) < 4.78 is 0.749. The van der Waals surface area contributed by atoms with E-state index >= 15 is 0 Å². The maximum Gasteiger partial charge on any atom is 0.319 e. The van der Waals surface area contributed by atoms with Gasteiger partial charge in [0.05, 0.1) is 21.7 Å². The van der Waals surface area contributed by atoms with Crippen LogP contribution in [0.25, 0.3) is 10.2 Å². The summed E-state index contributed by atoms with van der Waals surface area (Å²) in [6.07, 6.45) is 0. The summed E-state index contributed by atoms with van der Waals surface area (Å²) in [4.78, 5) is 28.0. The van der Waals surface area contributed by atoms with Crippen LogP contribution in [0.1, 0.15) is 6.92 Å². The van der Waals surface area contributed by atoms with Crippen LogP contribution in [0.15, 0.2) is 17.6 Å². The molecule has 1 aromatic carbocycles. The highest BCUT2D eigenvalue weighted by atomic mass is 32.1. The van der Waals surface area contributed by atoms with Crippen molar-refractivity contribution in [2.45, 2.75) is 6.92 Å². The molecule has 0 fully saturated rings. The molecule has 20 heavy (non-hydrogen) atoms. The van der Waals surface area contributed by atoms with Gasteiger partial charge in [-0.25, -0.2) is 4.98 Å². The van der Waals surface area contributed by atoms with Gasteiger partial charge in [-0.3, -0.25) is 14.9 Å². The van der Waals surface area contributed by atoms with E-state index in [9.17, 15) is 14.9 Å². The molecular formula is C12H14N4O3S. The molecule has 8 heteroatoms. The first-order valence-corrected chi connectivity index (χ1v) is 6.91. The van der Waals surface area contributed by atoms with Crippen LogP contribution in [-0.4, -0.2) is 40.9 Å². The van der Waals surface area contributed by atoms with Crippen LogP contribution >= 0.6 is 11.3 Å². The lowest BCUT2D eigenvalue weighted by Gasteiger charge is -2.15. The molecule has 2 rings (SSSR count). The van der Waals surface area contributed by atoms with Crippen molar-refractivity contribution in [2.24, 2.45) is 0 Å². The predicted molar refractivity (Wildman–Crippen MR) is 78.1 cm³/mol. The molecule has 0 aliphatic carbocycles. The van der Waals surface area contributed by atoms with Crippen molar-refractivity contribution in [1.82, 2.24) is 9.88 Å². The molecule has 1 heterocycles. The highest BCUT2D eigenvalue weighted by Crippen LogP contribution is 2.34. The number of nitro benzene ring substituents is 1. The van der Waals surface area contributed by atoms with Crippen molar-refractivity contribution in [3.8, 4) is 0 Å². The zero-order valence-electron chi connectivity index (χ0n) is 11.1. The molecular weight excluding hydrogens is 280 g/mol. The van der Waals surface area contributed by atoms with E-state index in [1.54, 1.807) is 29.6 Å². The van der Waals surface area contributed by atoms with Crippen LogP contribution in [0.5, 0.6) is 0 Å². The predicted octanol–water partition coefficient (Wildman–Crippen LogP) is 2.09. The molecule has 0 aliphatic rings. The van der Waals surface area contributed by atoms with Crippen LogP contribution in [0.2, 0.25) is 0 Å². The lowest BCUT2D eigenvalue weighted by Crippen LogP contribution is -2.32. The van der Waals surface area contributed by atoms with Gasteiger partial charge in [-0.1, -0.05) is 0 Å². The van der Waals surface area contributed by atoms with Crippen LogP contribution in [0.3, 0.4) is 0 Å². The standard InChI is InChI=1S/C12H14N4O3S/c1-3-15(2)10(17)6-13-8-4-5-9-11(14-7-20-9)12(8)16(18)19/h4-5,7,13H,3,6H2,1-2H3. The topological polar surface area (TPSA) is 88.4 Å². The minimum Gasteiger partial charge on any atom is -0.370 e. The van der Waals surface area contributed by atoms with Crippen molar-refractivity contribution in [3.63, 3.8) is 0 Å². The molecule has 0 unspecified atom stereocenters. The smallest absolute Gasteiger partial charge is 0.319 e. The summed E-state index contributed by atoms with van der Waals surface area (Å²) >= 11 is 1.34. The Kier molecular flexibility index (Phi) is 4.14. The van der Waals surface area contributed by atoms with Gasteiger partial charge in [-0.2, -0.15) is 0 Å². The highest BCUT2D eigenvalue weighted by Gasteiger charge is 2.21. The molecule has 0 spiro atoms. The fraction of sp³-hybridized carbons (Fsp3) is 0.333. The second-order valence-corrected chi connectivity index (χ2v) is 5.07. The van der Waals surface area contributed by atoms with Crippen LogP contribution < -0.4 is 5.32 Å². The van der Waals surface area contributed by atoms with Crippen molar-refractivity contribution < 1.29 is 9.72 Å². The van der Waals surface area contributed by atoms with E-state index in [1.807, 2.05) is 6.92 Å². The number of rotatable bonds is 5. The number of carbonyl (C=O) groups is 1. The maximum atomic E-state index is 11.7. The van der Waals surface area contributed by atoms with Crippen LogP contribution in [0, 0.1) is 10.1 Å². The molecule has 106 valence electrons. The molecule has 1 amide bonds. The lowest BCUT2D eigenvalue weighted by molar-refractivity contribution is -0.382. The molecule has 0 saturated carbocycles. The Morgan fingerprint density at radius 2 is 2.30 bits per heavy atom. The Balaban J connectivity index is 2.28. The fourth-order valence-corrected chi connectivity index (χ4v) is 2.41. The van der Waals surface area contributed by atoms with Gasteiger partial charge in [0, 0.05) is 13.6 Å². The molecule has 0 saturated heterocycles. The van der Waals surface area contributed by atoms with Gasteiger partial charge in [0.1, 0.15) is 5.69 Å². The number of benzene rings is 1. The summed E-state index contributed by atoms with van der Waals surface area (Å²) in [6.45, 7) is 2.47. The molecule has 0 aliphatic heterocycles. The number of anilines is 1. The van der Waals surface area contributed by atoms with Gasteiger partial charge >= 0.3 is 5.69 Å². The number of nitrogens with zero attached hydrogens (tertiary/aromatic N) is 3.